The van der Waals surface area contributed by atoms with Crippen molar-refractivity contribution in [2.24, 2.45) is 11.8 Å². The molecule has 0 saturated heterocycles. The van der Waals surface area contributed by atoms with Crippen LogP contribution in [-0.4, -0.2) is 55.5 Å². The fourth-order valence-corrected chi connectivity index (χ4v) is 4.78. The Bertz CT molecular complexity index is 1010. The van der Waals surface area contributed by atoms with Crippen molar-refractivity contribution < 1.29 is 29.0 Å². The summed E-state index contributed by atoms with van der Waals surface area (Å²) in [5.41, 5.74) is 4.44. The van der Waals surface area contributed by atoms with Crippen molar-refractivity contribution in [2.45, 2.75) is 45.2 Å². The predicted molar refractivity (Wildman–Crippen MR) is 132 cm³/mol. The standard InChI is InChI=1S/C27H34N2O6/c1-16(2)24(26(31)32)17(3)28-25(30)23(13-14-34-4)29-27(33)35-15-22-20-11-7-5-9-18(20)19-10-6-8-12-21(19)22/h5-12,16-17,22-24H,13-15H2,1-4H3,(H,28,30)(H,29,33)(H,31,32). The number of alkyl carbamates (subject to hydrolysis) is 1. The van der Waals surface area contributed by atoms with Gasteiger partial charge in [0.2, 0.25) is 5.91 Å². The summed E-state index contributed by atoms with van der Waals surface area (Å²) in [5, 5.41) is 14.9. The fraction of sp³-hybridized carbons (Fsp3) is 0.444. The Morgan fingerprint density at radius 3 is 2.03 bits per heavy atom. The summed E-state index contributed by atoms with van der Waals surface area (Å²) in [7, 11) is 1.50. The number of ether oxygens (including phenoxy) is 2. The normalized spacial score (nSPS) is 15.0. The predicted octanol–water partition coefficient (Wildman–Crippen LogP) is 3.79. The molecule has 0 bridgehead atoms. The molecule has 1 aliphatic rings. The molecule has 0 heterocycles. The summed E-state index contributed by atoms with van der Waals surface area (Å²) in [6, 6.07) is 14.5. The maximum atomic E-state index is 12.9. The number of aliphatic carboxylic acids is 1. The lowest BCUT2D eigenvalue weighted by Crippen LogP contribution is -2.52. The molecule has 2 amide bonds. The molecule has 35 heavy (non-hydrogen) atoms. The van der Waals surface area contributed by atoms with Gasteiger partial charge in [-0.1, -0.05) is 62.4 Å². The number of carbonyl (C=O) groups is 3. The summed E-state index contributed by atoms with van der Waals surface area (Å²) >= 11 is 0. The third-order valence-corrected chi connectivity index (χ3v) is 6.47. The Labute approximate surface area is 206 Å². The summed E-state index contributed by atoms with van der Waals surface area (Å²) in [4.78, 5) is 37.2. The van der Waals surface area contributed by atoms with Crippen LogP contribution < -0.4 is 10.6 Å². The second-order valence-electron chi connectivity index (χ2n) is 9.21. The van der Waals surface area contributed by atoms with Crippen LogP contribution >= 0.6 is 0 Å². The maximum Gasteiger partial charge on any atom is 0.407 e. The number of nitrogens with one attached hydrogen (secondary N) is 2. The van der Waals surface area contributed by atoms with Crippen molar-refractivity contribution in [1.29, 1.82) is 0 Å². The zero-order chi connectivity index (χ0) is 25.5. The van der Waals surface area contributed by atoms with Crippen molar-refractivity contribution in [3.05, 3.63) is 59.7 Å². The minimum atomic E-state index is -0.981. The number of carbonyl (C=O) groups excluding carboxylic acids is 2. The van der Waals surface area contributed by atoms with Crippen LogP contribution in [0.2, 0.25) is 0 Å². The lowest BCUT2D eigenvalue weighted by Gasteiger charge is -2.27. The lowest BCUT2D eigenvalue weighted by atomic mass is 9.89. The van der Waals surface area contributed by atoms with Crippen LogP contribution in [-0.2, 0) is 19.1 Å². The summed E-state index contributed by atoms with van der Waals surface area (Å²) < 4.78 is 10.7. The van der Waals surface area contributed by atoms with Crippen molar-refractivity contribution in [2.75, 3.05) is 20.3 Å². The third kappa shape index (κ3) is 6.19. The highest BCUT2D eigenvalue weighted by molar-refractivity contribution is 5.86. The van der Waals surface area contributed by atoms with E-state index in [0.29, 0.717) is 0 Å². The average Bonchev–Trinajstić information content (AvgIpc) is 3.13. The monoisotopic (exact) mass is 482 g/mol. The van der Waals surface area contributed by atoms with Gasteiger partial charge in [0.15, 0.2) is 0 Å². The molecule has 8 heteroatoms. The van der Waals surface area contributed by atoms with E-state index >= 15 is 0 Å². The van der Waals surface area contributed by atoms with Crippen molar-refractivity contribution in [1.82, 2.24) is 10.6 Å². The topological polar surface area (TPSA) is 114 Å². The maximum absolute atomic E-state index is 12.9. The lowest BCUT2D eigenvalue weighted by molar-refractivity contribution is -0.144. The quantitative estimate of drug-likeness (QED) is 0.449. The van der Waals surface area contributed by atoms with Crippen LogP contribution in [0.5, 0.6) is 0 Å². The van der Waals surface area contributed by atoms with Crippen LogP contribution in [0, 0.1) is 11.8 Å². The first-order valence-corrected chi connectivity index (χ1v) is 11.9. The largest absolute Gasteiger partial charge is 0.481 e. The van der Waals surface area contributed by atoms with Crippen molar-refractivity contribution >= 4 is 18.0 Å². The zero-order valence-corrected chi connectivity index (χ0v) is 20.6. The Hall–Kier alpha value is -3.39. The molecule has 188 valence electrons. The molecule has 1 aliphatic carbocycles. The van der Waals surface area contributed by atoms with Gasteiger partial charge < -0.3 is 25.2 Å². The van der Waals surface area contributed by atoms with E-state index in [1.807, 2.05) is 36.4 Å². The molecule has 3 N–H and O–H groups in total. The Balaban J connectivity index is 1.65. The molecule has 0 radical (unpaired) electrons. The Morgan fingerprint density at radius 2 is 1.51 bits per heavy atom. The van der Waals surface area contributed by atoms with E-state index < -0.39 is 36.0 Å². The number of amides is 2. The van der Waals surface area contributed by atoms with Gasteiger partial charge in [-0.3, -0.25) is 9.59 Å². The SMILES string of the molecule is COCCC(NC(=O)OCC1c2ccccc2-c2ccccc21)C(=O)NC(C)C(C(=O)O)C(C)C. The van der Waals surface area contributed by atoms with E-state index in [-0.39, 0.29) is 31.5 Å². The molecular weight excluding hydrogens is 448 g/mol. The van der Waals surface area contributed by atoms with Gasteiger partial charge in [-0.15, -0.1) is 0 Å². The molecule has 3 unspecified atom stereocenters. The molecule has 8 nitrogen and oxygen atoms in total. The summed E-state index contributed by atoms with van der Waals surface area (Å²) in [6.07, 6.45) is -0.493. The molecule has 0 spiro atoms. The van der Waals surface area contributed by atoms with Gasteiger partial charge in [-0.05, 0) is 35.1 Å². The van der Waals surface area contributed by atoms with Crippen molar-refractivity contribution in [3.63, 3.8) is 0 Å². The molecule has 3 atom stereocenters. The summed E-state index contributed by atoms with van der Waals surface area (Å²) in [5.74, 6) is -2.48. The second kappa shape index (κ2) is 11.8. The van der Waals surface area contributed by atoms with Gasteiger partial charge in [0, 0.05) is 32.1 Å². The number of methoxy groups -OCH3 is 1. The highest BCUT2D eigenvalue weighted by atomic mass is 16.5. The molecule has 0 aromatic heterocycles. The van der Waals surface area contributed by atoms with Gasteiger partial charge in [-0.25, -0.2) is 4.79 Å². The Morgan fingerprint density at radius 1 is 0.943 bits per heavy atom. The van der Waals surface area contributed by atoms with Crippen LogP contribution in [0.15, 0.2) is 48.5 Å². The molecule has 0 aliphatic heterocycles. The Kier molecular flexibility index (Phi) is 8.87. The van der Waals surface area contributed by atoms with Gasteiger partial charge in [0.1, 0.15) is 12.6 Å². The van der Waals surface area contributed by atoms with Crippen LogP contribution in [0.3, 0.4) is 0 Å². The third-order valence-electron chi connectivity index (χ3n) is 6.47. The van der Waals surface area contributed by atoms with Gasteiger partial charge in [0.25, 0.3) is 0 Å². The minimum Gasteiger partial charge on any atom is -0.481 e. The number of carboxylic acids is 1. The zero-order valence-electron chi connectivity index (χ0n) is 20.6. The van der Waals surface area contributed by atoms with E-state index in [1.165, 1.54) is 7.11 Å². The summed E-state index contributed by atoms with van der Waals surface area (Å²) in [6.45, 7) is 5.60. The van der Waals surface area contributed by atoms with E-state index in [4.69, 9.17) is 9.47 Å². The minimum absolute atomic E-state index is 0.0956. The highest BCUT2D eigenvalue weighted by Gasteiger charge is 2.32. The number of fused-ring (bicyclic) bond motifs is 3. The first kappa shape index (κ1) is 26.2. The van der Waals surface area contributed by atoms with Crippen LogP contribution in [0.4, 0.5) is 4.79 Å². The van der Waals surface area contributed by atoms with Crippen LogP contribution in [0.25, 0.3) is 11.1 Å². The van der Waals surface area contributed by atoms with Gasteiger partial charge >= 0.3 is 12.1 Å². The van der Waals surface area contributed by atoms with E-state index in [0.717, 1.165) is 22.3 Å². The first-order chi connectivity index (χ1) is 16.7. The first-order valence-electron chi connectivity index (χ1n) is 11.9. The molecule has 0 fully saturated rings. The molecule has 3 rings (SSSR count). The van der Waals surface area contributed by atoms with Gasteiger partial charge in [0.05, 0.1) is 5.92 Å². The number of rotatable bonds is 11. The number of carboxylic acid groups (broad SMARTS) is 1. The fourth-order valence-electron chi connectivity index (χ4n) is 4.78. The highest BCUT2D eigenvalue weighted by Crippen LogP contribution is 2.44. The van der Waals surface area contributed by atoms with E-state index in [9.17, 15) is 19.5 Å². The van der Waals surface area contributed by atoms with Crippen LogP contribution in [0.1, 0.15) is 44.2 Å². The molecule has 0 saturated carbocycles. The van der Waals surface area contributed by atoms with Crippen molar-refractivity contribution in [3.8, 4) is 11.1 Å². The number of hydrogen-bond acceptors (Lipinski definition) is 5. The molecule has 2 aromatic carbocycles. The number of hydrogen-bond donors (Lipinski definition) is 3. The second-order valence-corrected chi connectivity index (χ2v) is 9.21. The molecular formula is C27H34N2O6. The average molecular weight is 483 g/mol. The number of benzene rings is 2. The smallest absolute Gasteiger partial charge is 0.407 e. The molecule has 2 aromatic rings. The van der Waals surface area contributed by atoms with Gasteiger partial charge in [-0.2, -0.15) is 0 Å². The van der Waals surface area contributed by atoms with E-state index in [1.54, 1.807) is 20.8 Å². The van der Waals surface area contributed by atoms with E-state index in [2.05, 4.69) is 22.8 Å².